The molecule has 1 aliphatic rings. The van der Waals surface area contributed by atoms with Gasteiger partial charge in [0.15, 0.2) is 6.29 Å². The zero-order chi connectivity index (χ0) is 31.6. The van der Waals surface area contributed by atoms with E-state index in [1.54, 1.807) is 18.9 Å². The Morgan fingerprint density at radius 1 is 0.933 bits per heavy atom. The van der Waals surface area contributed by atoms with E-state index in [-0.39, 0.29) is 31.3 Å². The summed E-state index contributed by atoms with van der Waals surface area (Å²) >= 11 is 1.71. The first-order chi connectivity index (χ1) is 22.0. The minimum Gasteiger partial charge on any atom is -0.496 e. The van der Waals surface area contributed by atoms with Crippen LogP contribution in [0.5, 0.6) is 5.75 Å². The Kier molecular flexibility index (Phi) is 11.3. The van der Waals surface area contributed by atoms with Crippen LogP contribution in [0.3, 0.4) is 0 Å². The van der Waals surface area contributed by atoms with E-state index in [1.807, 2.05) is 72.8 Å². The summed E-state index contributed by atoms with van der Waals surface area (Å²) in [6, 6.07) is 32.2. The Balaban J connectivity index is 1.38. The Bertz CT molecular complexity index is 1580. The number of thioether (sulfide) groups is 1. The lowest BCUT2D eigenvalue weighted by atomic mass is 9.91. The smallest absolute Gasteiger partial charge is 0.407 e. The molecule has 0 aliphatic carbocycles. The number of carbonyl (C=O) groups is 1. The number of ether oxygens (including phenoxy) is 4. The van der Waals surface area contributed by atoms with Crippen LogP contribution in [0.2, 0.25) is 0 Å². The first-order valence-electron chi connectivity index (χ1n) is 15.0. The molecule has 0 spiro atoms. The van der Waals surface area contributed by atoms with Crippen LogP contribution in [-0.2, 0) is 27.4 Å². The fourth-order valence-corrected chi connectivity index (χ4v) is 6.50. The summed E-state index contributed by atoms with van der Waals surface area (Å²) in [6.07, 6.45) is 0.141. The van der Waals surface area contributed by atoms with Crippen LogP contribution >= 0.6 is 11.8 Å². The summed E-state index contributed by atoms with van der Waals surface area (Å²) in [5.41, 5.74) is 5.80. The normalized spacial score (nSPS) is 19.4. The summed E-state index contributed by atoms with van der Waals surface area (Å²) in [7, 11) is 1.69. The maximum absolute atomic E-state index is 11.9. The van der Waals surface area contributed by atoms with Crippen LogP contribution in [0.4, 0.5) is 4.79 Å². The third-order valence-corrected chi connectivity index (χ3v) is 8.93. The number of amides is 1. The number of aliphatic hydroxyl groups excluding tert-OH is 1. The van der Waals surface area contributed by atoms with Crippen molar-refractivity contribution in [3.8, 4) is 16.9 Å². The van der Waals surface area contributed by atoms with Crippen molar-refractivity contribution in [3.05, 3.63) is 132 Å². The van der Waals surface area contributed by atoms with E-state index in [9.17, 15) is 9.90 Å². The molecule has 0 radical (unpaired) electrons. The molecule has 1 amide bonds. The van der Waals surface area contributed by atoms with Gasteiger partial charge in [0.25, 0.3) is 0 Å². The highest BCUT2D eigenvalue weighted by molar-refractivity contribution is 7.99. The Hall–Kier alpha value is -4.08. The van der Waals surface area contributed by atoms with Gasteiger partial charge < -0.3 is 29.4 Å². The topological polar surface area (TPSA) is 86.3 Å². The van der Waals surface area contributed by atoms with Crippen LogP contribution in [0, 0.1) is 5.92 Å². The average molecular weight is 626 g/mol. The van der Waals surface area contributed by atoms with E-state index < -0.39 is 12.4 Å². The van der Waals surface area contributed by atoms with Gasteiger partial charge in [0, 0.05) is 28.7 Å². The van der Waals surface area contributed by atoms with Gasteiger partial charge in [-0.05, 0) is 52.1 Å². The molecule has 4 aromatic carbocycles. The molecule has 0 bridgehead atoms. The van der Waals surface area contributed by atoms with Crippen LogP contribution < -0.4 is 10.1 Å². The molecule has 1 heterocycles. The molecule has 0 unspecified atom stereocenters. The predicted octanol–water partition coefficient (Wildman–Crippen LogP) is 7.85. The Morgan fingerprint density at radius 3 is 2.44 bits per heavy atom. The monoisotopic (exact) mass is 625 g/mol. The predicted molar refractivity (Wildman–Crippen MR) is 177 cm³/mol. The van der Waals surface area contributed by atoms with Crippen molar-refractivity contribution in [1.82, 2.24) is 5.32 Å². The van der Waals surface area contributed by atoms with Crippen molar-refractivity contribution in [2.24, 2.45) is 5.92 Å². The number of para-hydroxylation sites is 1. The first kappa shape index (κ1) is 32.3. The van der Waals surface area contributed by atoms with E-state index in [4.69, 9.17) is 18.9 Å². The van der Waals surface area contributed by atoms with Gasteiger partial charge in [0.1, 0.15) is 12.4 Å². The van der Waals surface area contributed by atoms with E-state index >= 15 is 0 Å². The molecular weight excluding hydrogens is 586 g/mol. The molecule has 1 fully saturated rings. The molecule has 1 aliphatic heterocycles. The number of rotatable bonds is 12. The number of carbonyl (C=O) groups excluding carboxylic acids is 1. The largest absolute Gasteiger partial charge is 0.496 e. The fourth-order valence-electron chi connectivity index (χ4n) is 5.31. The number of hydrogen-bond acceptors (Lipinski definition) is 7. The van der Waals surface area contributed by atoms with Crippen LogP contribution in [0.15, 0.2) is 115 Å². The summed E-state index contributed by atoms with van der Waals surface area (Å²) < 4.78 is 24.0. The zero-order valence-corrected chi connectivity index (χ0v) is 26.4. The molecule has 0 aromatic heterocycles. The summed E-state index contributed by atoms with van der Waals surface area (Å²) in [4.78, 5) is 13.0. The lowest BCUT2D eigenvalue weighted by molar-refractivity contribution is -0.268. The number of methoxy groups -OCH3 is 1. The minimum absolute atomic E-state index is 0.00524. The third-order valence-electron chi connectivity index (χ3n) is 7.78. The highest BCUT2D eigenvalue weighted by Gasteiger charge is 2.38. The van der Waals surface area contributed by atoms with Crippen molar-refractivity contribution in [3.63, 3.8) is 0 Å². The van der Waals surface area contributed by atoms with Gasteiger partial charge in [-0.3, -0.25) is 0 Å². The highest BCUT2D eigenvalue weighted by atomic mass is 32.2. The molecule has 1 saturated heterocycles. The van der Waals surface area contributed by atoms with Gasteiger partial charge in [0.05, 0.1) is 25.9 Å². The molecule has 4 aromatic rings. The van der Waals surface area contributed by atoms with E-state index in [2.05, 4.69) is 43.1 Å². The van der Waals surface area contributed by atoms with E-state index in [0.717, 1.165) is 49.8 Å². The summed E-state index contributed by atoms with van der Waals surface area (Å²) in [6.45, 7) is 6.23. The average Bonchev–Trinajstić information content (AvgIpc) is 3.09. The molecule has 8 heteroatoms. The molecule has 4 atom stereocenters. The molecule has 45 heavy (non-hydrogen) atoms. The maximum atomic E-state index is 11.9. The van der Waals surface area contributed by atoms with Crippen molar-refractivity contribution >= 4 is 17.9 Å². The number of nitrogens with one attached hydrogen (secondary N) is 1. The fraction of sp³-hybridized carbons (Fsp3) is 0.270. The minimum atomic E-state index is -0.587. The maximum Gasteiger partial charge on any atom is 0.407 e. The Morgan fingerprint density at radius 2 is 1.69 bits per heavy atom. The lowest BCUT2D eigenvalue weighted by Crippen LogP contribution is -2.38. The third kappa shape index (κ3) is 8.35. The first-order valence-corrected chi connectivity index (χ1v) is 15.9. The lowest BCUT2D eigenvalue weighted by Gasteiger charge is -2.41. The zero-order valence-electron chi connectivity index (χ0n) is 25.6. The van der Waals surface area contributed by atoms with Gasteiger partial charge in [-0.1, -0.05) is 92.4 Å². The second-order valence-corrected chi connectivity index (χ2v) is 11.9. The Labute approximate surface area is 269 Å². The van der Waals surface area contributed by atoms with Crippen molar-refractivity contribution in [1.29, 1.82) is 0 Å². The summed E-state index contributed by atoms with van der Waals surface area (Å²) in [5.74, 6) is 1.62. The van der Waals surface area contributed by atoms with Crippen LogP contribution in [-0.4, -0.2) is 36.8 Å². The molecule has 5 rings (SSSR count). The van der Waals surface area contributed by atoms with Gasteiger partial charge in [-0.15, -0.1) is 11.8 Å². The molecular formula is C37H39NO6S. The number of benzene rings is 4. The second-order valence-electron chi connectivity index (χ2n) is 10.9. The van der Waals surface area contributed by atoms with Crippen LogP contribution in [0.25, 0.3) is 11.1 Å². The van der Waals surface area contributed by atoms with Crippen LogP contribution in [0.1, 0.15) is 41.6 Å². The number of alkyl carbamates (subject to hydrolysis) is 1. The van der Waals surface area contributed by atoms with Crippen molar-refractivity contribution in [2.75, 3.05) is 19.5 Å². The summed E-state index contributed by atoms with van der Waals surface area (Å²) in [5, 5.41) is 12.3. The van der Waals surface area contributed by atoms with Gasteiger partial charge in [-0.25, -0.2) is 4.79 Å². The van der Waals surface area contributed by atoms with E-state index in [1.165, 1.54) is 6.08 Å². The standard InChI is InChI=1S/C37H39NO6S/c1-4-19-42-37(40)38-22-27-9-7-10-29(20-27)30-11-8-12-31(21-30)36-43-33(24-45-34-14-6-5-13-32(34)41-3)25(2)35(44-36)28-17-15-26(23-39)16-18-28/h4-18,20-21,25,33,35-36,39H,1,19,22-24H2,2-3H3,(H,38,40)/t25-,33+,35+,36+/m0/s1. The SMILES string of the molecule is C=CCOC(=O)NCc1cccc(-c2cccc([C@@H]3O[C@H](CSc4ccccc4OC)[C@H](C)[C@H](c4ccc(CO)cc4)O3)c2)c1. The number of hydrogen-bond donors (Lipinski definition) is 2. The molecule has 2 N–H and O–H groups in total. The van der Waals surface area contributed by atoms with Gasteiger partial charge in [-0.2, -0.15) is 0 Å². The van der Waals surface area contributed by atoms with Crippen molar-refractivity contribution in [2.45, 2.75) is 43.5 Å². The highest BCUT2D eigenvalue weighted by Crippen LogP contribution is 2.44. The van der Waals surface area contributed by atoms with Gasteiger partial charge >= 0.3 is 6.09 Å². The molecule has 7 nitrogen and oxygen atoms in total. The van der Waals surface area contributed by atoms with E-state index in [0.29, 0.717) is 6.54 Å². The molecule has 0 saturated carbocycles. The van der Waals surface area contributed by atoms with Crippen molar-refractivity contribution < 1.29 is 28.8 Å². The van der Waals surface area contributed by atoms with Gasteiger partial charge in [0.2, 0.25) is 0 Å². The number of aliphatic hydroxyl groups is 1. The molecule has 234 valence electrons. The quantitative estimate of drug-likeness (QED) is 0.123. The second kappa shape index (κ2) is 15.8.